The second-order valence-electron chi connectivity index (χ2n) is 6.08. The highest BCUT2D eigenvalue weighted by Gasteiger charge is 2.32. The minimum absolute atomic E-state index is 0.0549. The van der Waals surface area contributed by atoms with Crippen molar-refractivity contribution < 1.29 is 26.4 Å². The average Bonchev–Trinajstić information content (AvgIpc) is 2.65. The predicted octanol–water partition coefficient (Wildman–Crippen LogP) is 1.38. The molecule has 3 N–H and O–H groups in total. The van der Waals surface area contributed by atoms with Gasteiger partial charge >= 0.3 is 6.18 Å². The van der Waals surface area contributed by atoms with Gasteiger partial charge in [-0.15, -0.1) is 0 Å². The van der Waals surface area contributed by atoms with Crippen LogP contribution in [-0.4, -0.2) is 47.4 Å². The number of guanidine groups is 1. The molecule has 0 aliphatic carbocycles. The number of pyridine rings is 2. The number of rotatable bonds is 3. The van der Waals surface area contributed by atoms with Crippen molar-refractivity contribution in [2.24, 2.45) is 10.7 Å². The number of hydrogen-bond donors (Lipinski definition) is 2. The summed E-state index contributed by atoms with van der Waals surface area (Å²) in [5, 5.41) is 2.40. The fourth-order valence-corrected chi connectivity index (χ4v) is 3.67. The number of hydrogen-bond acceptors (Lipinski definition) is 7. The number of alkyl halides is 3. The van der Waals surface area contributed by atoms with Gasteiger partial charge in [-0.25, -0.2) is 22.7 Å². The number of halogens is 3. The fraction of sp³-hybridized carbons (Fsp3) is 0.250. The van der Waals surface area contributed by atoms with E-state index in [-0.39, 0.29) is 28.9 Å². The lowest BCUT2D eigenvalue weighted by atomic mass is 10.2. The van der Waals surface area contributed by atoms with Crippen LogP contribution in [0.2, 0.25) is 0 Å². The Morgan fingerprint density at radius 2 is 2.00 bits per heavy atom. The lowest BCUT2D eigenvalue weighted by molar-refractivity contribution is -0.137. The zero-order valence-corrected chi connectivity index (χ0v) is 15.7. The molecule has 2 aromatic heterocycles. The summed E-state index contributed by atoms with van der Waals surface area (Å²) in [5.41, 5.74) is 4.66. The Morgan fingerprint density at radius 1 is 1.28 bits per heavy atom. The van der Waals surface area contributed by atoms with Crippen molar-refractivity contribution in [2.45, 2.75) is 12.2 Å². The summed E-state index contributed by atoms with van der Waals surface area (Å²) >= 11 is 0. The van der Waals surface area contributed by atoms with Crippen molar-refractivity contribution in [1.29, 1.82) is 0 Å². The van der Waals surface area contributed by atoms with E-state index in [2.05, 4.69) is 20.3 Å². The smallest absolute Gasteiger partial charge is 0.369 e. The summed E-state index contributed by atoms with van der Waals surface area (Å²) in [4.78, 5) is 24.0. The molecule has 1 aliphatic heterocycles. The number of aromatic nitrogens is 2. The molecular weight excluding hydrogens is 413 g/mol. The topological polar surface area (TPSA) is 131 Å². The molecule has 0 aromatic carbocycles. The van der Waals surface area contributed by atoms with E-state index in [1.54, 1.807) is 0 Å². The third kappa shape index (κ3) is 4.45. The maximum absolute atomic E-state index is 12.6. The van der Waals surface area contributed by atoms with E-state index in [4.69, 9.17) is 5.73 Å². The van der Waals surface area contributed by atoms with Gasteiger partial charge in [0.2, 0.25) is 16.0 Å². The number of nitrogens with two attached hydrogens (primary N) is 1. The molecule has 0 bridgehead atoms. The maximum Gasteiger partial charge on any atom is 0.417 e. The van der Waals surface area contributed by atoms with Gasteiger partial charge in [0, 0.05) is 13.2 Å². The minimum Gasteiger partial charge on any atom is -0.369 e. The summed E-state index contributed by atoms with van der Waals surface area (Å²) in [5.74, 6) is -1.26. The highest BCUT2D eigenvalue weighted by Crippen LogP contribution is 2.28. The first-order valence-electron chi connectivity index (χ1n) is 8.09. The van der Waals surface area contributed by atoms with Gasteiger partial charge in [0.1, 0.15) is 17.6 Å². The molecule has 1 atom stereocenters. The largest absolute Gasteiger partial charge is 0.417 e. The van der Waals surface area contributed by atoms with E-state index in [1.807, 2.05) is 0 Å². The van der Waals surface area contributed by atoms with Crippen LogP contribution in [0.3, 0.4) is 0 Å². The van der Waals surface area contributed by atoms with Gasteiger partial charge in [0.25, 0.3) is 5.91 Å². The molecule has 0 saturated heterocycles. The summed E-state index contributed by atoms with van der Waals surface area (Å²) < 4.78 is 62.8. The highest BCUT2D eigenvalue weighted by molar-refractivity contribution is 7.89. The Kier molecular flexibility index (Phi) is 5.17. The van der Waals surface area contributed by atoms with Crippen molar-refractivity contribution in [3.8, 4) is 0 Å². The van der Waals surface area contributed by atoms with Crippen LogP contribution in [-0.2, 0) is 16.2 Å². The number of carbonyl (C=O) groups is 1. The van der Waals surface area contributed by atoms with Gasteiger partial charge in [-0.2, -0.15) is 13.2 Å². The van der Waals surface area contributed by atoms with Gasteiger partial charge < -0.3 is 11.1 Å². The minimum atomic E-state index is -4.56. The van der Waals surface area contributed by atoms with E-state index in [0.717, 1.165) is 16.4 Å². The Bertz CT molecular complexity index is 1070. The fourth-order valence-electron chi connectivity index (χ4n) is 2.47. The summed E-state index contributed by atoms with van der Waals surface area (Å²) in [6.07, 6.45) is -4.01. The van der Waals surface area contributed by atoms with E-state index in [9.17, 15) is 26.4 Å². The first-order valence-corrected chi connectivity index (χ1v) is 9.70. The molecular formula is C16H15F3N6O3S. The second-order valence-corrected chi connectivity index (χ2v) is 8.13. The maximum atomic E-state index is 12.6. The van der Waals surface area contributed by atoms with E-state index in [0.29, 0.717) is 6.20 Å². The number of aliphatic imine (C=N–C) groups is 1. The molecule has 154 valence electrons. The SMILES string of the molecule is CN1C(N)=N[C@H](c2cccc(NC(=O)c3ccc(C(F)(F)F)cn3)n2)CS1(=O)=O. The molecule has 3 rings (SSSR count). The number of carbonyl (C=O) groups excluding carboxylic acids is 1. The molecule has 1 aliphatic rings. The van der Waals surface area contributed by atoms with Crippen LogP contribution in [0.25, 0.3) is 0 Å². The molecule has 9 nitrogen and oxygen atoms in total. The molecule has 1 amide bonds. The van der Waals surface area contributed by atoms with Crippen molar-refractivity contribution in [2.75, 3.05) is 18.1 Å². The lowest BCUT2D eigenvalue weighted by Crippen LogP contribution is -2.45. The number of nitrogens with zero attached hydrogens (tertiary/aromatic N) is 4. The Hall–Kier alpha value is -3.22. The summed E-state index contributed by atoms with van der Waals surface area (Å²) in [6.45, 7) is 0. The first kappa shape index (κ1) is 20.5. The van der Waals surface area contributed by atoms with Crippen LogP contribution in [0.1, 0.15) is 27.8 Å². The molecule has 0 fully saturated rings. The second kappa shape index (κ2) is 7.31. The van der Waals surface area contributed by atoms with Crippen molar-refractivity contribution in [1.82, 2.24) is 14.3 Å². The predicted molar refractivity (Wildman–Crippen MR) is 97.3 cm³/mol. The van der Waals surface area contributed by atoms with Crippen molar-refractivity contribution in [3.05, 3.63) is 53.5 Å². The molecule has 13 heteroatoms. The number of nitrogens with one attached hydrogen (secondary N) is 1. The quantitative estimate of drug-likeness (QED) is 0.760. The van der Waals surface area contributed by atoms with Crippen molar-refractivity contribution in [3.63, 3.8) is 0 Å². The Morgan fingerprint density at radius 3 is 2.59 bits per heavy atom. The monoisotopic (exact) mass is 428 g/mol. The lowest BCUT2D eigenvalue weighted by Gasteiger charge is -2.26. The van der Waals surface area contributed by atoms with Crippen LogP contribution in [0.4, 0.5) is 19.0 Å². The van der Waals surface area contributed by atoms with Gasteiger partial charge in [-0.1, -0.05) is 6.07 Å². The normalized spacial score (nSPS) is 18.8. The van der Waals surface area contributed by atoms with Gasteiger partial charge in [0.05, 0.1) is 17.0 Å². The van der Waals surface area contributed by atoms with E-state index < -0.39 is 33.7 Å². The molecule has 29 heavy (non-hydrogen) atoms. The molecule has 2 aromatic rings. The van der Waals surface area contributed by atoms with Gasteiger partial charge in [0.15, 0.2) is 0 Å². The summed E-state index contributed by atoms with van der Waals surface area (Å²) in [7, 11) is -2.37. The average molecular weight is 428 g/mol. The Balaban J connectivity index is 1.79. The van der Waals surface area contributed by atoms with Crippen LogP contribution in [0.15, 0.2) is 41.5 Å². The van der Waals surface area contributed by atoms with Gasteiger partial charge in [-0.3, -0.25) is 9.78 Å². The number of anilines is 1. The zero-order chi connectivity index (χ0) is 21.4. The number of sulfonamides is 1. The first-order chi connectivity index (χ1) is 13.5. The summed E-state index contributed by atoms with van der Waals surface area (Å²) in [6, 6.07) is 5.30. The third-order valence-electron chi connectivity index (χ3n) is 4.07. The Labute approximate surface area is 163 Å². The molecule has 0 unspecified atom stereocenters. The third-order valence-corrected chi connectivity index (χ3v) is 5.83. The van der Waals surface area contributed by atoms with Crippen LogP contribution < -0.4 is 11.1 Å². The molecule has 0 radical (unpaired) electrons. The van der Waals surface area contributed by atoms with E-state index >= 15 is 0 Å². The van der Waals surface area contributed by atoms with Crippen LogP contribution in [0.5, 0.6) is 0 Å². The molecule has 3 heterocycles. The number of amides is 1. The van der Waals surface area contributed by atoms with E-state index in [1.165, 1.54) is 25.2 Å². The van der Waals surface area contributed by atoms with Gasteiger partial charge in [-0.05, 0) is 24.3 Å². The highest BCUT2D eigenvalue weighted by atomic mass is 32.2. The zero-order valence-electron chi connectivity index (χ0n) is 14.9. The molecule has 0 spiro atoms. The van der Waals surface area contributed by atoms with Crippen LogP contribution >= 0.6 is 0 Å². The molecule has 0 saturated carbocycles. The van der Waals surface area contributed by atoms with Crippen molar-refractivity contribution >= 4 is 27.7 Å². The standard InChI is InChI=1S/C16H15F3N6O3S/c1-25-15(20)23-12(8-29(25,27)28)10-3-2-4-13(22-10)24-14(26)11-6-5-9(7-21-11)16(17,18)19/h2-7,12H,8H2,1H3,(H2,20,23)(H,22,24,26)/t12-/m0/s1. The van der Waals surface area contributed by atoms with Crippen LogP contribution in [0, 0.1) is 0 Å².